The van der Waals surface area contributed by atoms with E-state index in [0.717, 1.165) is 30.7 Å². The predicted molar refractivity (Wildman–Crippen MR) is 89.8 cm³/mol. The number of sulfone groups is 1. The zero-order chi connectivity index (χ0) is 17.3. The number of anilines is 1. The summed E-state index contributed by atoms with van der Waals surface area (Å²) in [4.78, 5) is 17.0. The van der Waals surface area contributed by atoms with E-state index in [2.05, 4.69) is 4.98 Å². The molecule has 7 nitrogen and oxygen atoms in total. The lowest BCUT2D eigenvalue weighted by Crippen LogP contribution is -2.23. The first-order chi connectivity index (χ1) is 11.4. The molecule has 126 valence electrons. The van der Waals surface area contributed by atoms with Crippen molar-refractivity contribution >= 4 is 21.2 Å². The minimum absolute atomic E-state index is 0.00137. The van der Waals surface area contributed by atoms with E-state index >= 15 is 0 Å². The molecule has 0 radical (unpaired) electrons. The molecule has 0 N–H and O–H groups in total. The van der Waals surface area contributed by atoms with E-state index in [-0.39, 0.29) is 16.6 Å². The van der Waals surface area contributed by atoms with Gasteiger partial charge in [-0.15, -0.1) is 0 Å². The lowest BCUT2D eigenvalue weighted by molar-refractivity contribution is -0.384. The summed E-state index contributed by atoms with van der Waals surface area (Å²) < 4.78 is 23.4. The molecule has 1 aliphatic rings. The van der Waals surface area contributed by atoms with Gasteiger partial charge in [-0.25, -0.2) is 8.42 Å². The maximum absolute atomic E-state index is 11.7. The van der Waals surface area contributed by atoms with Crippen molar-refractivity contribution in [3.63, 3.8) is 0 Å². The Kier molecular flexibility index (Phi) is 4.23. The first-order valence-corrected chi connectivity index (χ1v) is 9.42. The standard InChI is InChI=1S/C16H17N3O4S/c1-24(22,23)13-6-7-15(16(10-13)19(20)21)18-9-3-5-14(18)12-4-2-8-17-11-12/h2,4,6-8,10-11,14H,3,5,9H2,1H3/t14-/m1/s1. The molecule has 24 heavy (non-hydrogen) atoms. The summed E-state index contributed by atoms with van der Waals surface area (Å²) in [6, 6.07) is 7.89. The van der Waals surface area contributed by atoms with Crippen molar-refractivity contribution in [2.75, 3.05) is 17.7 Å². The van der Waals surface area contributed by atoms with Gasteiger partial charge in [0.1, 0.15) is 5.69 Å². The SMILES string of the molecule is CS(=O)(=O)c1ccc(N2CCC[C@@H]2c2cccnc2)c([N+](=O)[O-])c1. The molecule has 8 heteroatoms. The van der Waals surface area contributed by atoms with Crippen LogP contribution in [0.4, 0.5) is 11.4 Å². The highest BCUT2D eigenvalue weighted by Crippen LogP contribution is 2.40. The molecule has 2 aromatic rings. The Bertz CT molecular complexity index is 868. The minimum atomic E-state index is -3.50. The Balaban J connectivity index is 2.06. The first kappa shape index (κ1) is 16.4. The molecule has 2 heterocycles. The molecule has 0 spiro atoms. The molecule has 1 aliphatic heterocycles. The number of pyridine rings is 1. The van der Waals surface area contributed by atoms with E-state index in [9.17, 15) is 18.5 Å². The summed E-state index contributed by atoms with van der Waals surface area (Å²) in [5.41, 5.74) is 1.25. The largest absolute Gasteiger partial charge is 0.359 e. The molecular weight excluding hydrogens is 330 g/mol. The third kappa shape index (κ3) is 3.09. The van der Waals surface area contributed by atoms with Crippen LogP contribution in [0.25, 0.3) is 0 Å². The van der Waals surface area contributed by atoms with Crippen LogP contribution in [-0.4, -0.2) is 31.1 Å². The summed E-state index contributed by atoms with van der Waals surface area (Å²) >= 11 is 0. The second-order valence-electron chi connectivity index (χ2n) is 5.82. The van der Waals surface area contributed by atoms with Crippen molar-refractivity contribution in [2.45, 2.75) is 23.8 Å². The predicted octanol–water partition coefficient (Wildman–Crippen LogP) is 2.73. The number of aromatic nitrogens is 1. The van der Waals surface area contributed by atoms with Gasteiger partial charge in [-0.05, 0) is 36.6 Å². The highest BCUT2D eigenvalue weighted by molar-refractivity contribution is 7.90. The van der Waals surface area contributed by atoms with Gasteiger partial charge in [0.05, 0.1) is 15.9 Å². The summed E-state index contributed by atoms with van der Waals surface area (Å²) in [5.74, 6) is 0. The van der Waals surface area contributed by atoms with E-state index in [1.165, 1.54) is 12.1 Å². The number of benzene rings is 1. The van der Waals surface area contributed by atoms with Gasteiger partial charge < -0.3 is 4.90 Å². The lowest BCUT2D eigenvalue weighted by Gasteiger charge is -2.26. The van der Waals surface area contributed by atoms with Crippen molar-refractivity contribution in [2.24, 2.45) is 0 Å². The highest BCUT2D eigenvalue weighted by atomic mass is 32.2. The second kappa shape index (κ2) is 6.20. The molecule has 1 saturated heterocycles. The van der Waals surface area contributed by atoms with Gasteiger partial charge in [0.15, 0.2) is 9.84 Å². The quantitative estimate of drug-likeness (QED) is 0.623. The molecule has 0 aliphatic carbocycles. The number of nitro groups is 1. The average Bonchev–Trinajstić information content (AvgIpc) is 3.03. The third-order valence-corrected chi connectivity index (χ3v) is 5.31. The fourth-order valence-electron chi connectivity index (χ4n) is 3.10. The second-order valence-corrected chi connectivity index (χ2v) is 7.83. The van der Waals surface area contributed by atoms with Crippen LogP contribution in [0, 0.1) is 10.1 Å². The average molecular weight is 347 g/mol. The summed E-state index contributed by atoms with van der Waals surface area (Å²) in [6.07, 6.45) is 6.27. The molecule has 1 aromatic carbocycles. The van der Waals surface area contributed by atoms with Gasteiger partial charge in [-0.2, -0.15) is 0 Å². The summed E-state index contributed by atoms with van der Waals surface area (Å²) in [6.45, 7) is 0.679. The van der Waals surface area contributed by atoms with Crippen LogP contribution in [0.2, 0.25) is 0 Å². The van der Waals surface area contributed by atoms with E-state index in [4.69, 9.17) is 0 Å². The fraction of sp³-hybridized carbons (Fsp3) is 0.312. The third-order valence-electron chi connectivity index (χ3n) is 4.20. The molecule has 0 amide bonds. The van der Waals surface area contributed by atoms with E-state index in [1.807, 2.05) is 17.0 Å². The fourth-order valence-corrected chi connectivity index (χ4v) is 3.74. The molecule has 1 atom stereocenters. The van der Waals surface area contributed by atoms with Crippen LogP contribution >= 0.6 is 0 Å². The Morgan fingerprint density at radius 2 is 2.12 bits per heavy atom. The Morgan fingerprint density at radius 3 is 2.75 bits per heavy atom. The minimum Gasteiger partial charge on any atom is -0.359 e. The molecule has 3 rings (SSSR count). The molecule has 0 bridgehead atoms. The van der Waals surface area contributed by atoms with Gasteiger partial charge in [0, 0.05) is 31.3 Å². The highest BCUT2D eigenvalue weighted by Gasteiger charge is 2.31. The zero-order valence-electron chi connectivity index (χ0n) is 13.1. The zero-order valence-corrected chi connectivity index (χ0v) is 13.9. The van der Waals surface area contributed by atoms with Gasteiger partial charge in [0.25, 0.3) is 5.69 Å². The maximum Gasteiger partial charge on any atom is 0.293 e. The van der Waals surface area contributed by atoms with Gasteiger partial charge in [0.2, 0.25) is 0 Å². The van der Waals surface area contributed by atoms with Crippen LogP contribution in [-0.2, 0) is 9.84 Å². The number of nitrogens with zero attached hydrogens (tertiary/aromatic N) is 3. The van der Waals surface area contributed by atoms with E-state index in [0.29, 0.717) is 12.2 Å². The van der Waals surface area contributed by atoms with Crippen molar-refractivity contribution in [1.29, 1.82) is 0 Å². The molecule has 1 aromatic heterocycles. The van der Waals surface area contributed by atoms with Crippen LogP contribution in [0.3, 0.4) is 0 Å². The maximum atomic E-state index is 11.7. The normalized spacial score (nSPS) is 17.9. The Hall–Kier alpha value is -2.48. The number of nitro benzene ring substituents is 1. The summed E-state index contributed by atoms with van der Waals surface area (Å²) in [7, 11) is -3.50. The van der Waals surface area contributed by atoms with E-state index < -0.39 is 14.8 Å². The number of hydrogen-bond donors (Lipinski definition) is 0. The van der Waals surface area contributed by atoms with Crippen molar-refractivity contribution in [3.05, 3.63) is 58.4 Å². The molecular formula is C16H17N3O4S. The van der Waals surface area contributed by atoms with Crippen LogP contribution < -0.4 is 4.90 Å². The van der Waals surface area contributed by atoms with Crippen molar-refractivity contribution in [3.8, 4) is 0 Å². The molecule has 0 unspecified atom stereocenters. The molecule has 1 fully saturated rings. The molecule has 0 saturated carbocycles. The van der Waals surface area contributed by atoms with Gasteiger partial charge in [-0.3, -0.25) is 15.1 Å². The van der Waals surface area contributed by atoms with Crippen LogP contribution in [0.1, 0.15) is 24.4 Å². The Morgan fingerprint density at radius 1 is 1.33 bits per heavy atom. The Labute approximate surface area is 140 Å². The van der Waals surface area contributed by atoms with Crippen molar-refractivity contribution in [1.82, 2.24) is 4.98 Å². The smallest absolute Gasteiger partial charge is 0.293 e. The van der Waals surface area contributed by atoms with Crippen LogP contribution in [0.15, 0.2) is 47.6 Å². The van der Waals surface area contributed by atoms with Gasteiger partial charge in [-0.1, -0.05) is 6.07 Å². The number of rotatable bonds is 4. The summed E-state index contributed by atoms with van der Waals surface area (Å²) in [5, 5.41) is 11.5. The lowest BCUT2D eigenvalue weighted by atomic mass is 10.1. The monoisotopic (exact) mass is 347 g/mol. The number of hydrogen-bond acceptors (Lipinski definition) is 6. The van der Waals surface area contributed by atoms with Crippen molar-refractivity contribution < 1.29 is 13.3 Å². The van der Waals surface area contributed by atoms with Gasteiger partial charge >= 0.3 is 0 Å². The topological polar surface area (TPSA) is 93.4 Å². The van der Waals surface area contributed by atoms with Crippen LogP contribution in [0.5, 0.6) is 0 Å². The van der Waals surface area contributed by atoms with E-state index in [1.54, 1.807) is 12.4 Å². The first-order valence-electron chi connectivity index (χ1n) is 7.53.